The Hall–Kier alpha value is -2.20. The normalized spacial score (nSPS) is 29.7. The monoisotopic (exact) mass is 366 g/mol. The van der Waals surface area contributed by atoms with Gasteiger partial charge in [-0.1, -0.05) is 0 Å². The molecule has 2 aliphatic rings. The number of anilines is 3. The first kappa shape index (κ1) is 18.6. The second-order valence-electron chi connectivity index (χ2n) is 7.16. The number of aromatic nitrogens is 2. The molecule has 10 nitrogen and oxygen atoms in total. The lowest BCUT2D eigenvalue weighted by molar-refractivity contribution is -0.383. The van der Waals surface area contributed by atoms with Crippen molar-refractivity contribution in [3.63, 3.8) is 0 Å². The van der Waals surface area contributed by atoms with E-state index >= 15 is 0 Å². The van der Waals surface area contributed by atoms with Gasteiger partial charge in [0.15, 0.2) is 0 Å². The number of nitrogens with two attached hydrogens (primary N) is 1. The maximum Gasteiger partial charge on any atom is 0.353 e. The van der Waals surface area contributed by atoms with Crippen LogP contribution in [0.15, 0.2) is 0 Å². The topological polar surface area (TPSA) is 120 Å². The summed E-state index contributed by atoms with van der Waals surface area (Å²) in [5.74, 6) is 0.539. The maximum absolute atomic E-state index is 11.6. The van der Waals surface area contributed by atoms with Gasteiger partial charge in [0.05, 0.1) is 29.3 Å². The van der Waals surface area contributed by atoms with Gasteiger partial charge in [0.2, 0.25) is 17.6 Å². The van der Waals surface area contributed by atoms with Crippen molar-refractivity contribution in [3.05, 3.63) is 10.1 Å². The molecule has 2 saturated heterocycles. The van der Waals surface area contributed by atoms with Crippen molar-refractivity contribution in [2.75, 3.05) is 41.7 Å². The van der Waals surface area contributed by atoms with Crippen molar-refractivity contribution in [3.8, 4) is 0 Å². The first-order valence-corrected chi connectivity index (χ1v) is 8.87. The van der Waals surface area contributed by atoms with Crippen LogP contribution in [0, 0.1) is 10.1 Å². The minimum absolute atomic E-state index is 0.0191. The molecule has 1 aromatic heterocycles. The number of nitro groups is 1. The number of nitrogens with zero attached hydrogens (tertiary/aromatic N) is 5. The minimum atomic E-state index is -0.510. The molecule has 144 valence electrons. The van der Waals surface area contributed by atoms with Gasteiger partial charge in [-0.2, -0.15) is 9.97 Å². The second kappa shape index (κ2) is 7.20. The molecule has 26 heavy (non-hydrogen) atoms. The fourth-order valence-electron chi connectivity index (χ4n) is 3.68. The Morgan fingerprint density at radius 2 is 1.42 bits per heavy atom. The van der Waals surface area contributed by atoms with Gasteiger partial charge in [-0.25, -0.2) is 0 Å². The largest absolute Gasteiger partial charge is 0.378 e. The molecule has 3 heterocycles. The summed E-state index contributed by atoms with van der Waals surface area (Å²) >= 11 is 0. The zero-order valence-electron chi connectivity index (χ0n) is 15.6. The third-order valence-corrected chi connectivity index (χ3v) is 4.48. The highest BCUT2D eigenvalue weighted by Crippen LogP contribution is 2.34. The van der Waals surface area contributed by atoms with Crippen LogP contribution in [0.2, 0.25) is 0 Å². The van der Waals surface area contributed by atoms with E-state index in [1.54, 1.807) is 0 Å². The summed E-state index contributed by atoms with van der Waals surface area (Å²) in [5.41, 5.74) is 5.72. The summed E-state index contributed by atoms with van der Waals surface area (Å²) in [7, 11) is 0. The lowest BCUT2D eigenvalue weighted by atomic mass is 10.2. The summed E-state index contributed by atoms with van der Waals surface area (Å²) in [6, 6.07) is 0. The zero-order valence-corrected chi connectivity index (χ0v) is 15.6. The Balaban J connectivity index is 2.01. The lowest BCUT2D eigenvalue weighted by Gasteiger charge is -2.37. The summed E-state index contributed by atoms with van der Waals surface area (Å²) in [6.07, 6.45) is -0.0702. The van der Waals surface area contributed by atoms with Crippen molar-refractivity contribution < 1.29 is 14.4 Å². The van der Waals surface area contributed by atoms with Crippen molar-refractivity contribution in [1.82, 2.24) is 9.97 Å². The molecule has 10 heteroatoms. The number of hydrogen-bond acceptors (Lipinski definition) is 9. The molecule has 0 unspecified atom stereocenters. The van der Waals surface area contributed by atoms with Crippen molar-refractivity contribution in [1.29, 1.82) is 0 Å². The molecule has 2 fully saturated rings. The highest BCUT2D eigenvalue weighted by molar-refractivity contribution is 5.71. The Labute approximate surface area is 152 Å². The van der Waals surface area contributed by atoms with Crippen LogP contribution in [-0.4, -0.2) is 65.5 Å². The predicted octanol–water partition coefficient (Wildman–Crippen LogP) is 1.19. The van der Waals surface area contributed by atoms with Crippen molar-refractivity contribution in [2.45, 2.75) is 52.1 Å². The number of hydrogen-bond donors (Lipinski definition) is 1. The molecule has 0 aliphatic carbocycles. The molecule has 2 N–H and O–H groups in total. The van der Waals surface area contributed by atoms with Crippen LogP contribution in [0.25, 0.3) is 0 Å². The van der Waals surface area contributed by atoms with Crippen LogP contribution >= 0.6 is 0 Å². The van der Waals surface area contributed by atoms with Gasteiger partial charge in [-0.3, -0.25) is 10.1 Å². The van der Waals surface area contributed by atoms with Crippen molar-refractivity contribution >= 4 is 23.3 Å². The summed E-state index contributed by atoms with van der Waals surface area (Å²) in [4.78, 5) is 23.7. The van der Waals surface area contributed by atoms with Crippen LogP contribution in [0.3, 0.4) is 0 Å². The molecular formula is C16H26N6O4. The van der Waals surface area contributed by atoms with E-state index in [1.807, 2.05) is 37.5 Å². The Bertz CT molecular complexity index is 667. The van der Waals surface area contributed by atoms with Gasteiger partial charge in [-0.05, 0) is 27.7 Å². The average Bonchev–Trinajstić information content (AvgIpc) is 2.51. The molecule has 0 bridgehead atoms. The lowest BCUT2D eigenvalue weighted by Crippen LogP contribution is -2.47. The summed E-state index contributed by atoms with van der Waals surface area (Å²) < 4.78 is 11.5. The third-order valence-electron chi connectivity index (χ3n) is 4.48. The molecular weight excluding hydrogens is 340 g/mol. The first-order valence-electron chi connectivity index (χ1n) is 8.87. The Kier molecular flexibility index (Phi) is 5.15. The molecule has 1 aromatic rings. The first-order chi connectivity index (χ1) is 12.2. The molecule has 0 amide bonds. The second-order valence-corrected chi connectivity index (χ2v) is 7.16. The standard InChI is InChI=1S/C16H26N6O4/c1-9-5-20(6-10(2)25-9)15-13(22(23)24)14(17)18-16(19-15)21-7-11(3)26-12(4)8-21/h9-12H,5-8H2,1-4H3,(H2,17,18,19)/t9-,10-,11-,12-/m1/s1. The average molecular weight is 366 g/mol. The van der Waals surface area contributed by atoms with E-state index in [2.05, 4.69) is 9.97 Å². The van der Waals surface area contributed by atoms with Crippen LogP contribution in [0.4, 0.5) is 23.3 Å². The van der Waals surface area contributed by atoms with E-state index in [1.165, 1.54) is 0 Å². The Morgan fingerprint density at radius 1 is 0.962 bits per heavy atom. The van der Waals surface area contributed by atoms with E-state index in [0.29, 0.717) is 32.1 Å². The van der Waals surface area contributed by atoms with Gasteiger partial charge in [0, 0.05) is 26.2 Å². The predicted molar refractivity (Wildman–Crippen MR) is 97.5 cm³/mol. The summed E-state index contributed by atoms with van der Waals surface area (Å²) in [6.45, 7) is 10.1. The maximum atomic E-state index is 11.6. The fourth-order valence-corrected chi connectivity index (χ4v) is 3.68. The number of nitrogen functional groups attached to an aromatic ring is 1. The van der Waals surface area contributed by atoms with Crippen LogP contribution in [-0.2, 0) is 9.47 Å². The zero-order chi connectivity index (χ0) is 19.0. The van der Waals surface area contributed by atoms with Gasteiger partial charge >= 0.3 is 5.69 Å². The molecule has 0 aromatic carbocycles. The van der Waals surface area contributed by atoms with E-state index in [0.717, 1.165) is 0 Å². The van der Waals surface area contributed by atoms with Crippen molar-refractivity contribution in [2.24, 2.45) is 0 Å². The van der Waals surface area contributed by atoms with E-state index in [4.69, 9.17) is 15.2 Å². The molecule has 0 saturated carbocycles. The quantitative estimate of drug-likeness (QED) is 0.621. The highest BCUT2D eigenvalue weighted by atomic mass is 16.6. The Morgan fingerprint density at radius 3 is 1.88 bits per heavy atom. The molecule has 2 aliphatic heterocycles. The SMILES string of the molecule is C[C@@H]1CN(c2nc(N)c([N+](=O)[O-])c(N3C[C@@H](C)O[C@H](C)C3)n2)C[C@@H](C)O1. The summed E-state index contributed by atoms with van der Waals surface area (Å²) in [5, 5.41) is 11.6. The minimum Gasteiger partial charge on any atom is -0.378 e. The van der Waals surface area contributed by atoms with Crippen LogP contribution in [0.1, 0.15) is 27.7 Å². The van der Waals surface area contributed by atoms with Gasteiger partial charge in [0.1, 0.15) is 0 Å². The van der Waals surface area contributed by atoms with Crippen LogP contribution in [0.5, 0.6) is 0 Å². The third kappa shape index (κ3) is 3.80. The van der Waals surface area contributed by atoms with Gasteiger partial charge in [-0.15, -0.1) is 0 Å². The molecule has 4 atom stereocenters. The van der Waals surface area contributed by atoms with E-state index in [9.17, 15) is 10.1 Å². The van der Waals surface area contributed by atoms with Gasteiger partial charge < -0.3 is 25.0 Å². The van der Waals surface area contributed by atoms with E-state index < -0.39 is 4.92 Å². The number of morpholine rings is 2. The molecule has 3 rings (SSSR count). The smallest absolute Gasteiger partial charge is 0.353 e. The molecule has 0 radical (unpaired) electrons. The van der Waals surface area contributed by atoms with Gasteiger partial charge in [0.25, 0.3) is 0 Å². The molecule has 0 spiro atoms. The number of rotatable bonds is 3. The number of ether oxygens (including phenoxy) is 2. The fraction of sp³-hybridized carbons (Fsp3) is 0.750. The van der Waals surface area contributed by atoms with Crippen LogP contribution < -0.4 is 15.5 Å². The van der Waals surface area contributed by atoms with E-state index in [-0.39, 0.29) is 41.7 Å². The highest BCUT2D eigenvalue weighted by Gasteiger charge is 2.34.